The Labute approximate surface area is 186 Å². The molecule has 1 aliphatic heterocycles. The van der Waals surface area contributed by atoms with Crippen molar-refractivity contribution < 1.29 is 19.1 Å². The lowest BCUT2D eigenvalue weighted by Crippen LogP contribution is -2.40. The second kappa shape index (κ2) is 9.13. The second-order valence-electron chi connectivity index (χ2n) is 7.72. The third-order valence-electron chi connectivity index (χ3n) is 5.86. The van der Waals surface area contributed by atoms with Gasteiger partial charge in [-0.1, -0.05) is 6.07 Å². The van der Waals surface area contributed by atoms with E-state index in [-0.39, 0.29) is 17.6 Å². The van der Waals surface area contributed by atoms with Crippen LogP contribution in [-0.2, 0) is 0 Å². The van der Waals surface area contributed by atoms with Crippen LogP contribution in [0.2, 0.25) is 0 Å². The molecule has 1 aromatic heterocycles. The Balaban J connectivity index is 1.42. The van der Waals surface area contributed by atoms with E-state index in [0.29, 0.717) is 48.6 Å². The summed E-state index contributed by atoms with van der Waals surface area (Å²) in [5.74, 6) is 1.41. The molecule has 166 valence electrons. The molecule has 32 heavy (non-hydrogen) atoms. The highest BCUT2D eigenvalue weighted by Crippen LogP contribution is 2.27. The molecule has 4 rings (SSSR count). The van der Waals surface area contributed by atoms with Crippen molar-refractivity contribution in [2.75, 3.05) is 33.0 Å². The first kappa shape index (κ1) is 21.4. The van der Waals surface area contributed by atoms with Crippen molar-refractivity contribution in [3.63, 3.8) is 0 Å². The zero-order valence-electron chi connectivity index (χ0n) is 18.2. The molecular formula is C24H26N4O4. The Morgan fingerprint density at radius 2 is 1.69 bits per heavy atom. The highest BCUT2D eigenvalue weighted by Gasteiger charge is 2.30. The molecule has 1 aliphatic rings. The maximum Gasteiger partial charge on any atom is 0.253 e. The number of piperidine rings is 1. The van der Waals surface area contributed by atoms with Crippen LogP contribution in [0.15, 0.2) is 54.7 Å². The highest BCUT2D eigenvalue weighted by molar-refractivity contribution is 6.02. The summed E-state index contributed by atoms with van der Waals surface area (Å²) in [6.45, 7) is 1.03. The minimum atomic E-state index is -0.194. The van der Waals surface area contributed by atoms with Crippen LogP contribution in [0, 0.1) is 5.92 Å². The molecule has 0 radical (unpaired) electrons. The molecule has 3 aromatic rings. The molecule has 1 amide bonds. The van der Waals surface area contributed by atoms with Gasteiger partial charge in [-0.2, -0.15) is 5.10 Å². The van der Waals surface area contributed by atoms with Gasteiger partial charge >= 0.3 is 0 Å². The van der Waals surface area contributed by atoms with E-state index in [4.69, 9.17) is 15.2 Å². The summed E-state index contributed by atoms with van der Waals surface area (Å²) in [4.78, 5) is 27.7. The average molecular weight is 434 g/mol. The number of ether oxygens (including phenoxy) is 2. The number of nitrogens with two attached hydrogens (primary N) is 1. The number of hydrogen-bond donors (Lipinski definition) is 1. The van der Waals surface area contributed by atoms with Gasteiger partial charge in [0.15, 0.2) is 5.78 Å². The highest BCUT2D eigenvalue weighted by atomic mass is 16.5. The van der Waals surface area contributed by atoms with E-state index in [1.54, 1.807) is 48.1 Å². The first-order valence-corrected chi connectivity index (χ1v) is 10.5. The summed E-state index contributed by atoms with van der Waals surface area (Å²) in [5, 5.41) is 4.31. The van der Waals surface area contributed by atoms with Crippen molar-refractivity contribution >= 4 is 17.5 Å². The average Bonchev–Trinajstić information content (AvgIpc) is 3.24. The number of amides is 1. The number of anilines is 1. The minimum absolute atomic E-state index is 0.0317. The fraction of sp³-hybridized carbons (Fsp3) is 0.292. The smallest absolute Gasteiger partial charge is 0.253 e. The van der Waals surface area contributed by atoms with Crippen LogP contribution in [0.25, 0.3) is 5.69 Å². The number of ketones is 1. The lowest BCUT2D eigenvalue weighted by atomic mass is 9.89. The van der Waals surface area contributed by atoms with E-state index in [0.717, 1.165) is 11.4 Å². The molecule has 0 spiro atoms. The molecular weight excluding hydrogens is 408 g/mol. The number of hydrogen-bond acceptors (Lipinski definition) is 6. The molecule has 2 aromatic carbocycles. The van der Waals surface area contributed by atoms with Gasteiger partial charge in [0.1, 0.15) is 17.3 Å². The van der Waals surface area contributed by atoms with E-state index in [9.17, 15) is 9.59 Å². The summed E-state index contributed by atoms with van der Waals surface area (Å²) in [6, 6.07) is 14.4. The topological polar surface area (TPSA) is 99.7 Å². The Hall–Kier alpha value is -3.81. The standard InChI is InChI=1S/C24H26N4O4/c1-31-19-8-6-18(7-9-19)28-23(25)21(15-26-28)22(29)16-10-12-27(13-11-16)24(30)17-4-3-5-20(14-17)32-2/h3-9,14-16H,10-13,25H2,1-2H3. The van der Waals surface area contributed by atoms with Gasteiger partial charge < -0.3 is 20.1 Å². The zero-order chi connectivity index (χ0) is 22.7. The molecule has 0 aliphatic carbocycles. The van der Waals surface area contributed by atoms with Crippen LogP contribution >= 0.6 is 0 Å². The number of nitrogen functional groups attached to an aromatic ring is 1. The van der Waals surface area contributed by atoms with Crippen molar-refractivity contribution in [3.05, 3.63) is 65.9 Å². The van der Waals surface area contributed by atoms with E-state index in [2.05, 4.69) is 5.10 Å². The monoisotopic (exact) mass is 434 g/mol. The van der Waals surface area contributed by atoms with Crippen LogP contribution in [-0.4, -0.2) is 53.7 Å². The third-order valence-corrected chi connectivity index (χ3v) is 5.86. The second-order valence-corrected chi connectivity index (χ2v) is 7.72. The zero-order valence-corrected chi connectivity index (χ0v) is 18.2. The number of aromatic nitrogens is 2. The quantitative estimate of drug-likeness (QED) is 0.598. The third kappa shape index (κ3) is 4.16. The molecule has 0 bridgehead atoms. The van der Waals surface area contributed by atoms with Crippen molar-refractivity contribution in [3.8, 4) is 17.2 Å². The number of methoxy groups -OCH3 is 2. The van der Waals surface area contributed by atoms with Crippen LogP contribution in [0.3, 0.4) is 0 Å². The summed E-state index contributed by atoms with van der Waals surface area (Å²) < 4.78 is 11.9. The van der Waals surface area contributed by atoms with Crippen molar-refractivity contribution in [1.82, 2.24) is 14.7 Å². The molecule has 1 saturated heterocycles. The fourth-order valence-corrected chi connectivity index (χ4v) is 3.98. The molecule has 2 N–H and O–H groups in total. The Kier molecular flexibility index (Phi) is 6.11. The van der Waals surface area contributed by atoms with Crippen LogP contribution in [0.5, 0.6) is 11.5 Å². The van der Waals surface area contributed by atoms with Gasteiger partial charge in [-0.25, -0.2) is 4.68 Å². The first-order valence-electron chi connectivity index (χ1n) is 10.5. The number of likely N-dealkylation sites (tertiary alicyclic amines) is 1. The molecule has 2 heterocycles. The van der Waals surface area contributed by atoms with Crippen LogP contribution in [0.1, 0.15) is 33.6 Å². The van der Waals surface area contributed by atoms with Gasteiger partial charge in [-0.05, 0) is 55.3 Å². The minimum Gasteiger partial charge on any atom is -0.497 e. The maximum atomic E-state index is 13.1. The Morgan fingerprint density at radius 1 is 1.00 bits per heavy atom. The van der Waals surface area contributed by atoms with Gasteiger partial charge in [0.05, 0.1) is 31.7 Å². The molecule has 0 saturated carbocycles. The predicted octanol–water partition coefficient (Wildman–Crippen LogP) is 3.21. The van der Waals surface area contributed by atoms with Gasteiger partial charge in [0.2, 0.25) is 0 Å². The van der Waals surface area contributed by atoms with E-state index in [1.165, 1.54) is 6.20 Å². The van der Waals surface area contributed by atoms with E-state index in [1.807, 2.05) is 24.3 Å². The SMILES string of the molecule is COc1ccc(-n2ncc(C(=O)C3CCN(C(=O)c4cccc(OC)c4)CC3)c2N)cc1. The van der Waals surface area contributed by atoms with Crippen molar-refractivity contribution in [1.29, 1.82) is 0 Å². The molecule has 8 heteroatoms. The van der Waals surface area contributed by atoms with Crippen molar-refractivity contribution in [2.24, 2.45) is 5.92 Å². The predicted molar refractivity (Wildman–Crippen MR) is 120 cm³/mol. The fourth-order valence-electron chi connectivity index (χ4n) is 3.98. The van der Waals surface area contributed by atoms with E-state index >= 15 is 0 Å². The van der Waals surface area contributed by atoms with Crippen LogP contribution in [0.4, 0.5) is 5.82 Å². The first-order chi connectivity index (χ1) is 15.5. The molecule has 0 atom stereocenters. The molecule has 0 unspecified atom stereocenters. The number of carbonyl (C=O) groups is 2. The number of Topliss-reactive ketones (excluding diaryl/α,β-unsaturated/α-hetero) is 1. The lowest BCUT2D eigenvalue weighted by Gasteiger charge is -2.31. The normalized spacial score (nSPS) is 14.2. The number of carbonyl (C=O) groups excluding carboxylic acids is 2. The number of benzene rings is 2. The Morgan fingerprint density at radius 3 is 2.34 bits per heavy atom. The number of rotatable bonds is 6. The van der Waals surface area contributed by atoms with Gasteiger partial charge in [0, 0.05) is 24.6 Å². The molecule has 1 fully saturated rings. The maximum absolute atomic E-state index is 13.1. The summed E-state index contributed by atoms with van der Waals surface area (Å²) >= 11 is 0. The van der Waals surface area contributed by atoms with E-state index < -0.39 is 0 Å². The summed E-state index contributed by atoms with van der Waals surface area (Å²) in [5.41, 5.74) is 8.01. The molecule has 8 nitrogen and oxygen atoms in total. The van der Waals surface area contributed by atoms with Gasteiger partial charge in [-0.3, -0.25) is 9.59 Å². The number of nitrogens with zero attached hydrogens (tertiary/aromatic N) is 3. The van der Waals surface area contributed by atoms with Crippen molar-refractivity contribution in [2.45, 2.75) is 12.8 Å². The Bertz CT molecular complexity index is 1120. The summed E-state index contributed by atoms with van der Waals surface area (Å²) in [6.07, 6.45) is 2.69. The van der Waals surface area contributed by atoms with Crippen LogP contribution < -0.4 is 15.2 Å². The summed E-state index contributed by atoms with van der Waals surface area (Å²) in [7, 11) is 3.17. The van der Waals surface area contributed by atoms with Gasteiger partial charge in [0.25, 0.3) is 5.91 Å². The largest absolute Gasteiger partial charge is 0.497 e. The van der Waals surface area contributed by atoms with Gasteiger partial charge in [-0.15, -0.1) is 0 Å². The lowest BCUT2D eigenvalue weighted by molar-refractivity contribution is 0.0650.